The highest BCUT2D eigenvalue weighted by Gasteiger charge is 2.25. The zero-order valence-corrected chi connectivity index (χ0v) is 21.7. The predicted octanol–water partition coefficient (Wildman–Crippen LogP) is 3.44. The van der Waals surface area contributed by atoms with Crippen molar-refractivity contribution < 1.29 is 19.8 Å². The van der Waals surface area contributed by atoms with Gasteiger partial charge in [-0.1, -0.05) is 42.5 Å². The summed E-state index contributed by atoms with van der Waals surface area (Å²) in [7, 11) is 0. The second kappa shape index (κ2) is 13.1. The van der Waals surface area contributed by atoms with Gasteiger partial charge in [-0.15, -0.1) is 0 Å². The molecule has 1 heterocycles. The molecule has 1 aliphatic heterocycles. The monoisotopic (exact) mass is 516 g/mol. The SMILES string of the molecule is CCNc1cc(C(=O)N[C@@H](Cc2ccccc2)[C@@H](O)CNCc2cccc(O)c2)cc(N2CCCC2=O)c1. The van der Waals surface area contributed by atoms with E-state index in [0.29, 0.717) is 43.7 Å². The minimum Gasteiger partial charge on any atom is -0.508 e. The number of aromatic hydroxyl groups is 1. The van der Waals surface area contributed by atoms with Crippen molar-refractivity contribution in [1.82, 2.24) is 10.6 Å². The lowest BCUT2D eigenvalue weighted by Gasteiger charge is -2.25. The molecule has 8 heteroatoms. The number of nitrogens with zero attached hydrogens (tertiary/aromatic N) is 1. The smallest absolute Gasteiger partial charge is 0.251 e. The molecule has 4 rings (SSSR count). The molecule has 200 valence electrons. The number of amides is 2. The maximum atomic E-state index is 13.5. The number of carbonyl (C=O) groups excluding carboxylic acids is 2. The van der Waals surface area contributed by atoms with Crippen LogP contribution in [0, 0.1) is 0 Å². The van der Waals surface area contributed by atoms with Crippen molar-refractivity contribution >= 4 is 23.2 Å². The number of benzene rings is 3. The Bertz CT molecular complexity index is 1230. The highest BCUT2D eigenvalue weighted by molar-refractivity contribution is 6.00. The molecular weight excluding hydrogens is 480 g/mol. The minimum absolute atomic E-state index is 0.0557. The van der Waals surface area contributed by atoms with Crippen molar-refractivity contribution in [3.63, 3.8) is 0 Å². The van der Waals surface area contributed by atoms with Crippen LogP contribution in [0.1, 0.15) is 41.3 Å². The van der Waals surface area contributed by atoms with Gasteiger partial charge in [0.25, 0.3) is 5.91 Å². The number of nitrogens with one attached hydrogen (secondary N) is 3. The third kappa shape index (κ3) is 7.34. The fourth-order valence-corrected chi connectivity index (χ4v) is 4.70. The van der Waals surface area contributed by atoms with E-state index in [4.69, 9.17) is 0 Å². The van der Waals surface area contributed by atoms with Crippen LogP contribution in [0.2, 0.25) is 0 Å². The van der Waals surface area contributed by atoms with Gasteiger partial charge in [0.15, 0.2) is 0 Å². The van der Waals surface area contributed by atoms with E-state index in [1.807, 2.05) is 49.4 Å². The molecule has 3 aromatic rings. The van der Waals surface area contributed by atoms with E-state index in [9.17, 15) is 19.8 Å². The standard InChI is InChI=1S/C30H36N4O4/c1-2-32-24-16-23(17-25(18-24)34-13-7-12-29(34)37)30(38)33-27(15-21-8-4-3-5-9-21)28(36)20-31-19-22-10-6-11-26(35)14-22/h3-6,8-11,14,16-18,27-28,31-32,35-36H,2,7,12-13,15,19-20H2,1H3,(H,33,38)/t27-,28-/m0/s1. The summed E-state index contributed by atoms with van der Waals surface area (Å²) in [6.07, 6.45) is 0.889. The zero-order chi connectivity index (χ0) is 26.9. The first-order valence-electron chi connectivity index (χ1n) is 13.1. The Morgan fingerprint density at radius 3 is 2.53 bits per heavy atom. The fraction of sp³-hybridized carbons (Fsp3) is 0.333. The number of phenols is 1. The predicted molar refractivity (Wildman–Crippen MR) is 149 cm³/mol. The topological polar surface area (TPSA) is 114 Å². The van der Waals surface area contributed by atoms with Gasteiger partial charge in [-0.3, -0.25) is 9.59 Å². The van der Waals surface area contributed by atoms with Gasteiger partial charge >= 0.3 is 0 Å². The third-order valence-corrected chi connectivity index (χ3v) is 6.62. The average molecular weight is 517 g/mol. The Morgan fingerprint density at radius 1 is 1.03 bits per heavy atom. The lowest BCUT2D eigenvalue weighted by molar-refractivity contribution is -0.117. The summed E-state index contributed by atoms with van der Waals surface area (Å²) in [6, 6.07) is 21.5. The maximum Gasteiger partial charge on any atom is 0.251 e. The molecule has 5 N–H and O–H groups in total. The van der Waals surface area contributed by atoms with Gasteiger partial charge in [-0.2, -0.15) is 0 Å². The van der Waals surface area contributed by atoms with Gasteiger partial charge in [-0.05, 0) is 61.2 Å². The normalized spacial score (nSPS) is 14.8. The van der Waals surface area contributed by atoms with Crippen molar-refractivity contribution in [2.45, 2.75) is 44.9 Å². The Morgan fingerprint density at radius 2 is 1.82 bits per heavy atom. The van der Waals surface area contributed by atoms with Crippen LogP contribution in [0.5, 0.6) is 5.75 Å². The number of phenolic OH excluding ortho intramolecular Hbond substituents is 1. The molecule has 8 nitrogen and oxygen atoms in total. The van der Waals surface area contributed by atoms with E-state index in [-0.39, 0.29) is 24.1 Å². The second-order valence-electron chi connectivity index (χ2n) is 9.59. The Labute approximate surface area is 223 Å². The van der Waals surface area contributed by atoms with Crippen molar-refractivity contribution in [1.29, 1.82) is 0 Å². The number of hydrogen-bond acceptors (Lipinski definition) is 6. The summed E-state index contributed by atoms with van der Waals surface area (Å²) in [6.45, 7) is 4.01. The van der Waals surface area contributed by atoms with E-state index >= 15 is 0 Å². The number of rotatable bonds is 12. The molecule has 1 aliphatic rings. The number of carbonyl (C=O) groups is 2. The van der Waals surface area contributed by atoms with Gasteiger partial charge in [0, 0.05) is 49.5 Å². The van der Waals surface area contributed by atoms with Crippen LogP contribution in [0.15, 0.2) is 72.8 Å². The zero-order valence-electron chi connectivity index (χ0n) is 21.7. The van der Waals surface area contributed by atoms with Crippen LogP contribution in [0.3, 0.4) is 0 Å². The lowest BCUT2D eigenvalue weighted by Crippen LogP contribution is -2.48. The molecular formula is C30H36N4O4. The van der Waals surface area contributed by atoms with Crippen LogP contribution < -0.4 is 20.9 Å². The minimum atomic E-state index is -0.868. The van der Waals surface area contributed by atoms with E-state index < -0.39 is 12.1 Å². The number of aliphatic hydroxyl groups is 1. The fourth-order valence-electron chi connectivity index (χ4n) is 4.70. The van der Waals surface area contributed by atoms with E-state index in [1.54, 1.807) is 35.2 Å². The van der Waals surface area contributed by atoms with E-state index in [2.05, 4.69) is 16.0 Å². The molecule has 38 heavy (non-hydrogen) atoms. The third-order valence-electron chi connectivity index (χ3n) is 6.62. The Kier molecular flexibility index (Phi) is 9.35. The molecule has 0 bridgehead atoms. The molecule has 1 fully saturated rings. The Balaban J connectivity index is 1.50. The molecule has 0 radical (unpaired) electrons. The molecule has 0 spiro atoms. The Hall–Kier alpha value is -3.88. The summed E-state index contributed by atoms with van der Waals surface area (Å²) in [5.74, 6) is -0.0698. The highest BCUT2D eigenvalue weighted by Crippen LogP contribution is 2.27. The maximum absolute atomic E-state index is 13.5. The molecule has 1 saturated heterocycles. The van der Waals surface area contributed by atoms with Gasteiger partial charge in [0.2, 0.25) is 5.91 Å². The lowest BCUT2D eigenvalue weighted by atomic mass is 10.00. The van der Waals surface area contributed by atoms with Crippen LogP contribution in [0.4, 0.5) is 11.4 Å². The van der Waals surface area contributed by atoms with Gasteiger partial charge < -0.3 is 31.1 Å². The van der Waals surface area contributed by atoms with Crippen LogP contribution in [0.25, 0.3) is 0 Å². The number of hydrogen-bond donors (Lipinski definition) is 5. The van der Waals surface area contributed by atoms with Crippen molar-refractivity contribution in [2.24, 2.45) is 0 Å². The summed E-state index contributed by atoms with van der Waals surface area (Å²) >= 11 is 0. The van der Waals surface area contributed by atoms with Gasteiger partial charge in [0.1, 0.15) is 5.75 Å². The number of anilines is 2. The summed E-state index contributed by atoms with van der Waals surface area (Å²) in [5.41, 5.74) is 3.78. The molecule has 2 amide bonds. The summed E-state index contributed by atoms with van der Waals surface area (Å²) < 4.78 is 0. The second-order valence-corrected chi connectivity index (χ2v) is 9.59. The van der Waals surface area contributed by atoms with Crippen molar-refractivity contribution in [2.75, 3.05) is 29.9 Å². The van der Waals surface area contributed by atoms with Crippen LogP contribution in [-0.2, 0) is 17.8 Å². The largest absolute Gasteiger partial charge is 0.508 e. The van der Waals surface area contributed by atoms with E-state index in [0.717, 1.165) is 23.2 Å². The highest BCUT2D eigenvalue weighted by atomic mass is 16.3. The molecule has 0 aliphatic carbocycles. The molecule has 2 atom stereocenters. The number of aliphatic hydroxyl groups excluding tert-OH is 1. The molecule has 0 aromatic heterocycles. The summed E-state index contributed by atoms with van der Waals surface area (Å²) in [4.78, 5) is 27.6. The first kappa shape index (κ1) is 27.2. The summed E-state index contributed by atoms with van der Waals surface area (Å²) in [5, 5.41) is 30.3. The van der Waals surface area contributed by atoms with Crippen molar-refractivity contribution in [3.8, 4) is 5.75 Å². The van der Waals surface area contributed by atoms with Crippen LogP contribution >= 0.6 is 0 Å². The van der Waals surface area contributed by atoms with E-state index in [1.165, 1.54) is 0 Å². The van der Waals surface area contributed by atoms with Crippen LogP contribution in [-0.4, -0.2) is 53.8 Å². The molecule has 0 saturated carbocycles. The molecule has 3 aromatic carbocycles. The van der Waals surface area contributed by atoms with Crippen molar-refractivity contribution in [3.05, 3.63) is 89.5 Å². The molecule has 0 unspecified atom stereocenters. The van der Waals surface area contributed by atoms with Gasteiger partial charge in [0.05, 0.1) is 12.1 Å². The first-order valence-corrected chi connectivity index (χ1v) is 13.1. The first-order chi connectivity index (χ1) is 18.4. The van der Waals surface area contributed by atoms with Gasteiger partial charge in [-0.25, -0.2) is 0 Å². The average Bonchev–Trinajstić information content (AvgIpc) is 3.34. The quantitative estimate of drug-likeness (QED) is 0.252.